The highest BCUT2D eigenvalue weighted by Gasteiger charge is 2.12. The lowest BCUT2D eigenvalue weighted by Gasteiger charge is -2.25. The molecule has 0 amide bonds. The molecule has 22 heavy (non-hydrogen) atoms. The number of ether oxygens (including phenoxy) is 1. The third-order valence-electron chi connectivity index (χ3n) is 3.03. The van der Waals surface area contributed by atoms with Crippen molar-refractivity contribution >= 4 is 16.1 Å². The lowest BCUT2D eigenvalue weighted by atomic mass is 10.3. The number of carboxylic acid groups (broad SMARTS) is 1. The Balaban J connectivity index is 4.22. The second-order valence-electron chi connectivity index (χ2n) is 5.49. The number of hydrogen-bond donors (Lipinski definition) is 2. The van der Waals surface area contributed by atoms with Gasteiger partial charge in [0.1, 0.15) is 0 Å². The Morgan fingerprint density at radius 2 is 1.77 bits per heavy atom. The molecule has 0 radical (unpaired) electrons. The van der Waals surface area contributed by atoms with Gasteiger partial charge in [-0.15, -0.1) is 0 Å². The normalized spacial score (nSPS) is 12.5. The van der Waals surface area contributed by atoms with E-state index in [2.05, 4.69) is 0 Å². The first-order chi connectivity index (χ1) is 10.1. The van der Waals surface area contributed by atoms with Crippen LogP contribution in [0.15, 0.2) is 0 Å². The van der Waals surface area contributed by atoms with Crippen LogP contribution in [0.4, 0.5) is 0 Å². The maximum Gasteiger partial charge on any atom is 0.304 e. The molecule has 0 aromatic heterocycles. The lowest BCUT2D eigenvalue weighted by Crippen LogP contribution is -2.38. The van der Waals surface area contributed by atoms with Crippen molar-refractivity contribution in [3.63, 3.8) is 0 Å². The molecule has 132 valence electrons. The van der Waals surface area contributed by atoms with Crippen molar-refractivity contribution in [2.24, 2.45) is 0 Å². The molecule has 2 N–H and O–H groups in total. The fourth-order valence-electron chi connectivity index (χ4n) is 1.71. The number of hydrogen-bond acceptors (Lipinski definition) is 6. The van der Waals surface area contributed by atoms with Gasteiger partial charge in [-0.25, -0.2) is 0 Å². The Labute approximate surface area is 132 Å². The molecule has 0 fully saturated rings. The largest absolute Gasteiger partial charge is 0.481 e. The van der Waals surface area contributed by atoms with E-state index in [4.69, 9.17) is 14.4 Å². The first-order valence-electron chi connectivity index (χ1n) is 7.29. The van der Waals surface area contributed by atoms with Crippen molar-refractivity contribution in [1.82, 2.24) is 9.80 Å². The number of carbonyl (C=O) groups is 1. The van der Waals surface area contributed by atoms with Gasteiger partial charge in [-0.1, -0.05) is 0 Å². The van der Waals surface area contributed by atoms with Crippen LogP contribution >= 0.6 is 0 Å². The zero-order chi connectivity index (χ0) is 17.2. The van der Waals surface area contributed by atoms with E-state index in [1.165, 1.54) is 0 Å². The number of carboxylic acids is 1. The zero-order valence-electron chi connectivity index (χ0n) is 13.6. The van der Waals surface area contributed by atoms with Crippen LogP contribution in [-0.4, -0.2) is 92.1 Å². The second kappa shape index (κ2) is 10.9. The molecule has 0 rings (SSSR count). The van der Waals surface area contributed by atoms with Gasteiger partial charge in [-0.2, -0.15) is 8.42 Å². The Hall–Kier alpha value is -0.740. The van der Waals surface area contributed by atoms with Gasteiger partial charge in [-0.05, 0) is 20.9 Å². The fourth-order valence-corrected chi connectivity index (χ4v) is 2.20. The van der Waals surface area contributed by atoms with E-state index >= 15 is 0 Å². The molecule has 0 unspecified atom stereocenters. The average Bonchev–Trinajstić information content (AvgIpc) is 2.37. The molecule has 8 nitrogen and oxygen atoms in total. The summed E-state index contributed by atoms with van der Waals surface area (Å²) in [6, 6.07) is 0. The van der Waals surface area contributed by atoms with E-state index in [0.29, 0.717) is 32.8 Å². The Kier molecular flexibility index (Phi) is 10.5. The van der Waals surface area contributed by atoms with Crippen molar-refractivity contribution in [3.8, 4) is 0 Å². The summed E-state index contributed by atoms with van der Waals surface area (Å²) < 4.78 is 36.0. The molecule has 0 bridgehead atoms. The third kappa shape index (κ3) is 14.2. The fraction of sp³-hybridized carbons (Fsp3) is 0.923. The van der Waals surface area contributed by atoms with Crippen LogP contribution in [0.25, 0.3) is 0 Å². The predicted octanol–water partition coefficient (Wildman–Crippen LogP) is 0.00770. The Morgan fingerprint density at radius 1 is 1.14 bits per heavy atom. The molecule has 0 atom stereocenters. The summed E-state index contributed by atoms with van der Waals surface area (Å²) in [5.74, 6) is -1.17. The molecule has 0 saturated heterocycles. The molecule has 0 aliphatic carbocycles. The summed E-state index contributed by atoms with van der Waals surface area (Å²) >= 11 is 0. The maximum absolute atomic E-state index is 10.9. The topological polar surface area (TPSA) is 107 Å². The number of nitrogens with zero attached hydrogens (tertiary/aromatic N) is 2. The van der Waals surface area contributed by atoms with Gasteiger partial charge in [0, 0.05) is 32.7 Å². The van der Waals surface area contributed by atoms with Crippen molar-refractivity contribution in [1.29, 1.82) is 0 Å². The van der Waals surface area contributed by atoms with Gasteiger partial charge in [0.05, 0.1) is 24.9 Å². The summed E-state index contributed by atoms with van der Waals surface area (Å²) in [4.78, 5) is 14.3. The van der Waals surface area contributed by atoms with Gasteiger partial charge in [0.2, 0.25) is 0 Å². The van der Waals surface area contributed by atoms with Crippen molar-refractivity contribution in [2.45, 2.75) is 26.4 Å². The molecule has 0 aliphatic rings. The number of rotatable bonds is 13. The van der Waals surface area contributed by atoms with Crippen molar-refractivity contribution < 1.29 is 27.6 Å². The van der Waals surface area contributed by atoms with Crippen LogP contribution in [-0.2, 0) is 19.6 Å². The lowest BCUT2D eigenvalue weighted by molar-refractivity contribution is -0.137. The molecular formula is C13H28N2O6S. The zero-order valence-corrected chi connectivity index (χ0v) is 14.4. The summed E-state index contributed by atoms with van der Waals surface area (Å²) in [5, 5.41) is 8.63. The Bertz CT molecular complexity index is 413. The van der Waals surface area contributed by atoms with Crippen LogP contribution in [0.5, 0.6) is 0 Å². The highest BCUT2D eigenvalue weighted by Crippen LogP contribution is 1.96. The van der Waals surface area contributed by atoms with Crippen LogP contribution < -0.4 is 0 Å². The highest BCUT2D eigenvalue weighted by atomic mass is 32.2. The summed E-state index contributed by atoms with van der Waals surface area (Å²) in [6.45, 7) is 6.71. The molecule has 0 heterocycles. The number of aliphatic carboxylic acids is 1. The monoisotopic (exact) mass is 340 g/mol. The SMILES string of the molecule is CC(C)OCCN(CCN(C)CCC(=O)O)CCS(=O)(=O)O. The summed E-state index contributed by atoms with van der Waals surface area (Å²) in [7, 11) is -2.18. The van der Waals surface area contributed by atoms with E-state index < -0.39 is 16.1 Å². The highest BCUT2D eigenvalue weighted by molar-refractivity contribution is 7.85. The van der Waals surface area contributed by atoms with E-state index in [0.717, 1.165) is 0 Å². The van der Waals surface area contributed by atoms with Gasteiger partial charge in [0.15, 0.2) is 0 Å². The van der Waals surface area contributed by atoms with E-state index in [-0.39, 0.29) is 24.8 Å². The molecule has 0 saturated carbocycles. The third-order valence-corrected chi connectivity index (χ3v) is 3.73. The van der Waals surface area contributed by atoms with Crippen molar-refractivity contribution in [2.75, 3.05) is 52.1 Å². The summed E-state index contributed by atoms with van der Waals surface area (Å²) in [5.41, 5.74) is 0. The molecule has 0 aromatic rings. The van der Waals surface area contributed by atoms with E-state index in [9.17, 15) is 13.2 Å². The quantitative estimate of drug-likeness (QED) is 0.451. The van der Waals surface area contributed by atoms with Crippen molar-refractivity contribution in [3.05, 3.63) is 0 Å². The van der Waals surface area contributed by atoms with E-state index in [1.807, 2.05) is 30.7 Å². The average molecular weight is 340 g/mol. The predicted molar refractivity (Wildman–Crippen MR) is 83.7 cm³/mol. The molecule has 0 aromatic carbocycles. The van der Waals surface area contributed by atoms with E-state index in [1.54, 1.807) is 0 Å². The first-order valence-corrected chi connectivity index (χ1v) is 8.90. The molecule has 0 spiro atoms. The van der Waals surface area contributed by atoms with Crippen LogP contribution in [0.1, 0.15) is 20.3 Å². The Morgan fingerprint density at radius 3 is 2.27 bits per heavy atom. The molecule has 9 heteroatoms. The van der Waals surface area contributed by atoms with Crippen LogP contribution in [0.2, 0.25) is 0 Å². The van der Waals surface area contributed by atoms with Gasteiger partial charge >= 0.3 is 5.97 Å². The standard InChI is InChI=1S/C13H28N2O6S/c1-12(2)21-10-8-15(9-11-22(18,19)20)7-6-14(3)5-4-13(16)17/h12H,4-11H2,1-3H3,(H,16,17)(H,18,19,20). The number of likely N-dealkylation sites (N-methyl/N-ethyl adjacent to an activating group) is 1. The van der Waals surface area contributed by atoms with Gasteiger partial charge in [-0.3, -0.25) is 14.2 Å². The second-order valence-corrected chi connectivity index (χ2v) is 7.07. The van der Waals surface area contributed by atoms with Crippen LogP contribution in [0.3, 0.4) is 0 Å². The first kappa shape index (κ1) is 21.3. The minimum absolute atomic E-state index is 0.0674. The minimum atomic E-state index is -3.99. The molecular weight excluding hydrogens is 312 g/mol. The minimum Gasteiger partial charge on any atom is -0.481 e. The summed E-state index contributed by atoms with van der Waals surface area (Å²) in [6.07, 6.45) is 0.166. The van der Waals surface area contributed by atoms with Gasteiger partial charge in [0.25, 0.3) is 10.1 Å². The molecule has 0 aliphatic heterocycles. The van der Waals surface area contributed by atoms with Gasteiger partial charge < -0.3 is 14.7 Å². The smallest absolute Gasteiger partial charge is 0.304 e. The van der Waals surface area contributed by atoms with Crippen LogP contribution in [0, 0.1) is 0 Å². The maximum atomic E-state index is 10.9.